The van der Waals surface area contributed by atoms with E-state index in [9.17, 15) is 0 Å². The smallest absolute Gasteiger partial charge is 0.0641 e. The van der Waals surface area contributed by atoms with Gasteiger partial charge in [0.05, 0.1) is 11.7 Å². The number of aromatic nitrogens is 2. The molecule has 0 saturated carbocycles. The molecule has 1 atom stereocenters. The van der Waals surface area contributed by atoms with Crippen LogP contribution in [0.4, 0.5) is 0 Å². The highest BCUT2D eigenvalue weighted by Gasteiger charge is 2.14. The highest BCUT2D eigenvalue weighted by atomic mass is 15.3. The molecule has 0 saturated heterocycles. The molecule has 1 aromatic heterocycles. The van der Waals surface area contributed by atoms with Gasteiger partial charge in [0.1, 0.15) is 0 Å². The second kappa shape index (κ2) is 4.79. The first-order valence-corrected chi connectivity index (χ1v) is 5.69. The maximum absolute atomic E-state index is 4.46. The molecule has 1 aromatic rings. The maximum Gasteiger partial charge on any atom is 0.0641 e. The van der Waals surface area contributed by atoms with Crippen molar-refractivity contribution in [2.75, 3.05) is 6.54 Å². The number of hydrogen-bond donors (Lipinski definition) is 1. The van der Waals surface area contributed by atoms with E-state index >= 15 is 0 Å². The Morgan fingerprint density at radius 3 is 2.53 bits per heavy atom. The third kappa shape index (κ3) is 4.04. The predicted molar refractivity (Wildman–Crippen MR) is 64.0 cm³/mol. The van der Waals surface area contributed by atoms with Crippen molar-refractivity contribution in [3.8, 4) is 0 Å². The predicted octanol–water partition coefficient (Wildman–Crippen LogP) is 2.53. The van der Waals surface area contributed by atoms with Crippen LogP contribution >= 0.6 is 0 Å². The highest BCUT2D eigenvalue weighted by Crippen LogP contribution is 2.11. The van der Waals surface area contributed by atoms with Crippen molar-refractivity contribution in [3.05, 3.63) is 18.0 Å². The molecule has 1 N–H and O–H groups in total. The van der Waals surface area contributed by atoms with Crippen LogP contribution in [0.3, 0.4) is 0 Å². The first kappa shape index (κ1) is 12.2. The minimum absolute atomic E-state index is 0.176. The van der Waals surface area contributed by atoms with Gasteiger partial charge in [-0.05, 0) is 40.2 Å². The average Bonchev–Trinajstić information content (AvgIpc) is 2.51. The standard InChI is InChI=1S/C12H23N3/c1-6-11(9-13-12(3,4)5)15-8-7-10(2)14-15/h7-8,11,13H,6,9H2,1-5H3. The summed E-state index contributed by atoms with van der Waals surface area (Å²) >= 11 is 0. The highest BCUT2D eigenvalue weighted by molar-refractivity contribution is 4.96. The normalized spacial score (nSPS) is 14.2. The lowest BCUT2D eigenvalue weighted by Gasteiger charge is -2.25. The van der Waals surface area contributed by atoms with E-state index in [1.807, 2.05) is 6.92 Å². The lowest BCUT2D eigenvalue weighted by atomic mass is 10.1. The monoisotopic (exact) mass is 209 g/mol. The van der Waals surface area contributed by atoms with E-state index in [0.29, 0.717) is 6.04 Å². The molecule has 0 radical (unpaired) electrons. The Balaban J connectivity index is 2.57. The molecule has 3 heteroatoms. The molecule has 0 aliphatic rings. The largest absolute Gasteiger partial charge is 0.310 e. The SMILES string of the molecule is CCC(CNC(C)(C)C)n1ccc(C)n1. The molecular weight excluding hydrogens is 186 g/mol. The topological polar surface area (TPSA) is 29.9 Å². The summed E-state index contributed by atoms with van der Waals surface area (Å²) in [7, 11) is 0. The number of rotatable bonds is 4. The fraction of sp³-hybridized carbons (Fsp3) is 0.750. The molecule has 0 fully saturated rings. The van der Waals surface area contributed by atoms with E-state index in [4.69, 9.17) is 0 Å². The van der Waals surface area contributed by atoms with E-state index in [1.165, 1.54) is 0 Å². The van der Waals surface area contributed by atoms with Gasteiger partial charge in [0, 0.05) is 18.3 Å². The Kier molecular flexibility index (Phi) is 3.91. The van der Waals surface area contributed by atoms with Gasteiger partial charge in [-0.2, -0.15) is 5.10 Å². The molecule has 0 spiro atoms. The first-order valence-electron chi connectivity index (χ1n) is 5.69. The number of hydrogen-bond acceptors (Lipinski definition) is 2. The second-order valence-electron chi connectivity index (χ2n) is 5.13. The Bertz CT molecular complexity index is 296. The second-order valence-corrected chi connectivity index (χ2v) is 5.13. The van der Waals surface area contributed by atoms with Crippen molar-refractivity contribution in [2.45, 2.75) is 52.6 Å². The van der Waals surface area contributed by atoms with Crippen molar-refractivity contribution in [3.63, 3.8) is 0 Å². The summed E-state index contributed by atoms with van der Waals surface area (Å²) in [6.45, 7) is 11.8. The number of aryl methyl sites for hydroxylation is 1. The Labute approximate surface area is 92.9 Å². The maximum atomic E-state index is 4.46. The van der Waals surface area contributed by atoms with Crippen molar-refractivity contribution >= 4 is 0 Å². The molecule has 1 rings (SSSR count). The van der Waals surface area contributed by atoms with Crippen molar-refractivity contribution in [1.29, 1.82) is 0 Å². The summed E-state index contributed by atoms with van der Waals surface area (Å²) in [5.74, 6) is 0. The fourth-order valence-electron chi connectivity index (χ4n) is 1.49. The molecule has 0 aromatic carbocycles. The molecule has 15 heavy (non-hydrogen) atoms. The van der Waals surface area contributed by atoms with Gasteiger partial charge in [-0.3, -0.25) is 4.68 Å². The summed E-state index contributed by atoms with van der Waals surface area (Å²) in [5.41, 5.74) is 1.26. The van der Waals surface area contributed by atoms with Crippen molar-refractivity contribution < 1.29 is 0 Å². The zero-order valence-corrected chi connectivity index (χ0v) is 10.5. The molecule has 1 unspecified atom stereocenters. The fourth-order valence-corrected chi connectivity index (χ4v) is 1.49. The minimum atomic E-state index is 0.176. The van der Waals surface area contributed by atoms with Crippen LogP contribution in [-0.4, -0.2) is 21.9 Å². The van der Waals surface area contributed by atoms with Crippen LogP contribution in [0, 0.1) is 6.92 Å². The number of nitrogens with one attached hydrogen (secondary N) is 1. The molecule has 3 nitrogen and oxygen atoms in total. The zero-order chi connectivity index (χ0) is 11.5. The Morgan fingerprint density at radius 2 is 2.13 bits per heavy atom. The molecule has 0 bridgehead atoms. The van der Waals surface area contributed by atoms with Gasteiger partial charge in [0.2, 0.25) is 0 Å². The van der Waals surface area contributed by atoms with Crippen LogP contribution in [0.1, 0.15) is 45.9 Å². The van der Waals surface area contributed by atoms with Crippen LogP contribution in [-0.2, 0) is 0 Å². The van der Waals surface area contributed by atoms with Gasteiger partial charge in [0.25, 0.3) is 0 Å². The molecule has 0 aliphatic carbocycles. The summed E-state index contributed by atoms with van der Waals surface area (Å²) in [6.07, 6.45) is 3.16. The van der Waals surface area contributed by atoms with Crippen LogP contribution in [0.15, 0.2) is 12.3 Å². The van der Waals surface area contributed by atoms with E-state index < -0.39 is 0 Å². The van der Waals surface area contributed by atoms with E-state index in [1.54, 1.807) is 0 Å². The van der Waals surface area contributed by atoms with Gasteiger partial charge >= 0.3 is 0 Å². The van der Waals surface area contributed by atoms with Crippen LogP contribution < -0.4 is 5.32 Å². The summed E-state index contributed by atoms with van der Waals surface area (Å²) in [4.78, 5) is 0. The molecule has 1 heterocycles. The molecule has 86 valence electrons. The zero-order valence-electron chi connectivity index (χ0n) is 10.5. The van der Waals surface area contributed by atoms with Crippen LogP contribution in [0.5, 0.6) is 0 Å². The van der Waals surface area contributed by atoms with Crippen molar-refractivity contribution in [1.82, 2.24) is 15.1 Å². The van der Waals surface area contributed by atoms with Crippen LogP contribution in [0.2, 0.25) is 0 Å². The third-order valence-corrected chi connectivity index (χ3v) is 2.46. The van der Waals surface area contributed by atoms with Gasteiger partial charge in [-0.15, -0.1) is 0 Å². The van der Waals surface area contributed by atoms with Gasteiger partial charge in [-0.25, -0.2) is 0 Å². The summed E-state index contributed by atoms with van der Waals surface area (Å²) < 4.78 is 2.06. The van der Waals surface area contributed by atoms with E-state index in [-0.39, 0.29) is 5.54 Å². The molecular formula is C12H23N3. The minimum Gasteiger partial charge on any atom is -0.310 e. The third-order valence-electron chi connectivity index (χ3n) is 2.46. The quantitative estimate of drug-likeness (QED) is 0.826. The summed E-state index contributed by atoms with van der Waals surface area (Å²) in [6, 6.07) is 2.51. The lowest BCUT2D eigenvalue weighted by Crippen LogP contribution is -2.39. The lowest BCUT2D eigenvalue weighted by molar-refractivity contribution is 0.344. The summed E-state index contributed by atoms with van der Waals surface area (Å²) in [5, 5.41) is 7.98. The van der Waals surface area contributed by atoms with Gasteiger partial charge in [0.15, 0.2) is 0 Å². The Hall–Kier alpha value is -0.830. The van der Waals surface area contributed by atoms with Gasteiger partial charge in [-0.1, -0.05) is 6.92 Å². The number of nitrogens with zero attached hydrogens (tertiary/aromatic N) is 2. The van der Waals surface area contributed by atoms with Crippen LogP contribution in [0.25, 0.3) is 0 Å². The van der Waals surface area contributed by atoms with E-state index in [0.717, 1.165) is 18.7 Å². The molecule has 0 aliphatic heterocycles. The average molecular weight is 209 g/mol. The van der Waals surface area contributed by atoms with Crippen molar-refractivity contribution in [2.24, 2.45) is 0 Å². The Morgan fingerprint density at radius 1 is 1.47 bits per heavy atom. The van der Waals surface area contributed by atoms with E-state index in [2.05, 4.69) is 55.1 Å². The first-order chi connectivity index (χ1) is 6.92. The molecule has 0 amide bonds. The van der Waals surface area contributed by atoms with Gasteiger partial charge < -0.3 is 5.32 Å².